The Bertz CT molecular complexity index is 995. The van der Waals surface area contributed by atoms with E-state index >= 15 is 0 Å². The van der Waals surface area contributed by atoms with Crippen molar-refractivity contribution in [3.63, 3.8) is 0 Å². The van der Waals surface area contributed by atoms with Gasteiger partial charge in [0.25, 0.3) is 11.8 Å². The minimum absolute atomic E-state index is 0.0660. The van der Waals surface area contributed by atoms with Crippen molar-refractivity contribution >= 4 is 50.7 Å². The molecule has 1 aromatic carbocycles. The third-order valence-corrected chi connectivity index (χ3v) is 10.5. The molecular weight excluding hydrogens is 438 g/mol. The molecule has 156 valence electrons. The van der Waals surface area contributed by atoms with Crippen LogP contribution in [0.5, 0.6) is 11.5 Å². The lowest BCUT2D eigenvalue weighted by molar-refractivity contribution is -0.164. The van der Waals surface area contributed by atoms with Crippen LogP contribution in [0.1, 0.15) is 18.9 Å². The molecule has 0 aromatic heterocycles. The van der Waals surface area contributed by atoms with Gasteiger partial charge in [-0.25, -0.2) is 0 Å². The van der Waals surface area contributed by atoms with Crippen LogP contribution in [0, 0.1) is 0 Å². The molecular formula is C18H20ClN3O5S2. The number of likely N-dealkylation sites (N-methyl/N-ethyl adjacent to an activating group) is 2. The van der Waals surface area contributed by atoms with Crippen LogP contribution >= 0.6 is 33.2 Å². The van der Waals surface area contributed by atoms with Crippen molar-refractivity contribution < 1.29 is 24.2 Å². The number of carbonyl (C=O) groups excluding carboxylic acids is 2. The standard InChI is InChI=1S/C18H20ClN3O5S2/c1-16-14(23)22-13-17(25,7-18(22,29-28-16)15(24)21(16)3)8-6-9(19)11(26-4)12(27-5)10(8)20(13)2/h6,13,25H,7H2,1-5H3/t13-,16-,17+,18-/m1/s1. The summed E-state index contributed by atoms with van der Waals surface area (Å²) in [6.45, 7) is 1.74. The van der Waals surface area contributed by atoms with Gasteiger partial charge in [-0.3, -0.25) is 14.5 Å². The topological polar surface area (TPSA) is 82.5 Å². The lowest BCUT2D eigenvalue weighted by Crippen LogP contribution is -2.75. The van der Waals surface area contributed by atoms with E-state index in [0.717, 1.165) is 0 Å². The largest absolute Gasteiger partial charge is 0.491 e. The summed E-state index contributed by atoms with van der Waals surface area (Å²) < 4.78 is 11.0. The van der Waals surface area contributed by atoms with Gasteiger partial charge in [0.2, 0.25) is 0 Å². The van der Waals surface area contributed by atoms with Crippen LogP contribution in [0.15, 0.2) is 6.07 Å². The van der Waals surface area contributed by atoms with Crippen LogP contribution in [0.2, 0.25) is 5.02 Å². The molecule has 0 radical (unpaired) electrons. The average molecular weight is 458 g/mol. The van der Waals surface area contributed by atoms with Crippen LogP contribution in [0.25, 0.3) is 0 Å². The Labute approximate surface area is 180 Å². The summed E-state index contributed by atoms with van der Waals surface area (Å²) in [7, 11) is 9.14. The van der Waals surface area contributed by atoms with Crippen molar-refractivity contribution in [2.75, 3.05) is 33.2 Å². The van der Waals surface area contributed by atoms with E-state index in [2.05, 4.69) is 0 Å². The van der Waals surface area contributed by atoms with Gasteiger partial charge in [-0.15, -0.1) is 0 Å². The number of halogens is 1. The molecule has 1 N–H and O–H groups in total. The molecule has 5 heterocycles. The van der Waals surface area contributed by atoms with Crippen molar-refractivity contribution in [3.05, 3.63) is 16.7 Å². The van der Waals surface area contributed by atoms with Crippen LogP contribution in [-0.4, -0.2) is 70.9 Å². The van der Waals surface area contributed by atoms with Crippen molar-refractivity contribution in [1.29, 1.82) is 0 Å². The first kappa shape index (κ1) is 19.5. The van der Waals surface area contributed by atoms with Gasteiger partial charge >= 0.3 is 0 Å². The maximum absolute atomic E-state index is 13.5. The summed E-state index contributed by atoms with van der Waals surface area (Å²) in [4.78, 5) is 29.5. The zero-order valence-corrected chi connectivity index (χ0v) is 18.9. The summed E-state index contributed by atoms with van der Waals surface area (Å²) in [5, 5.41) is 12.2. The van der Waals surface area contributed by atoms with E-state index in [1.165, 1.54) is 40.7 Å². The number of carbonyl (C=O) groups is 2. The summed E-state index contributed by atoms with van der Waals surface area (Å²) in [5.74, 6) is 0.381. The summed E-state index contributed by atoms with van der Waals surface area (Å²) >= 11 is 6.42. The van der Waals surface area contributed by atoms with Crippen LogP contribution in [-0.2, 0) is 15.2 Å². The van der Waals surface area contributed by atoms with E-state index in [1.54, 1.807) is 36.9 Å². The van der Waals surface area contributed by atoms with E-state index in [1.807, 2.05) is 0 Å². The van der Waals surface area contributed by atoms with Gasteiger partial charge in [0.15, 0.2) is 21.2 Å². The minimum atomic E-state index is -1.48. The number of rotatable bonds is 2. The first-order valence-corrected chi connectivity index (χ1v) is 11.5. The number of aliphatic hydroxyl groups is 1. The van der Waals surface area contributed by atoms with E-state index in [4.69, 9.17) is 21.1 Å². The number of hydrogen-bond acceptors (Lipinski definition) is 8. The van der Waals surface area contributed by atoms with Gasteiger partial charge in [-0.2, -0.15) is 0 Å². The average Bonchev–Trinajstić information content (AvgIpc) is 3.08. The monoisotopic (exact) mass is 457 g/mol. The minimum Gasteiger partial charge on any atom is -0.491 e. The summed E-state index contributed by atoms with van der Waals surface area (Å²) in [6, 6.07) is 1.65. The zero-order chi connectivity index (χ0) is 21.1. The number of piperazine rings is 1. The maximum Gasteiger partial charge on any atom is 0.262 e. The number of hydrogen-bond donors (Lipinski definition) is 1. The smallest absolute Gasteiger partial charge is 0.262 e. The third-order valence-electron chi connectivity index (χ3n) is 6.56. The Kier molecular flexibility index (Phi) is 3.76. The summed E-state index contributed by atoms with van der Waals surface area (Å²) in [5.41, 5.74) is -0.351. The van der Waals surface area contributed by atoms with E-state index < -0.39 is 21.5 Å². The number of anilines is 1. The SMILES string of the molecule is COc1c(Cl)cc2c(c1OC)N(C)[C@@H]1N3C(=O)[C@@]4(C)SS[C@]3(C[C@]21O)C(=O)N4C. The molecule has 11 heteroatoms. The van der Waals surface area contributed by atoms with Crippen molar-refractivity contribution in [3.8, 4) is 11.5 Å². The van der Waals surface area contributed by atoms with Crippen LogP contribution in [0.4, 0.5) is 5.69 Å². The van der Waals surface area contributed by atoms with Gasteiger partial charge in [-0.05, 0) is 13.0 Å². The number of amides is 2. The van der Waals surface area contributed by atoms with Crippen molar-refractivity contribution in [2.24, 2.45) is 0 Å². The Morgan fingerprint density at radius 3 is 2.45 bits per heavy atom. The molecule has 4 saturated heterocycles. The van der Waals surface area contributed by atoms with E-state index in [9.17, 15) is 14.7 Å². The molecule has 2 amide bonds. The van der Waals surface area contributed by atoms with Crippen molar-refractivity contribution in [2.45, 2.75) is 34.9 Å². The molecule has 5 aliphatic heterocycles. The second-order valence-corrected chi connectivity index (χ2v) is 11.1. The second kappa shape index (κ2) is 5.60. The molecule has 29 heavy (non-hydrogen) atoms. The summed E-state index contributed by atoms with van der Waals surface area (Å²) in [6.07, 6.45) is -0.691. The number of methoxy groups -OCH3 is 2. The molecule has 8 nitrogen and oxygen atoms in total. The zero-order valence-electron chi connectivity index (χ0n) is 16.5. The molecule has 1 spiro atoms. The van der Waals surface area contributed by atoms with E-state index in [-0.39, 0.29) is 18.2 Å². The number of ether oxygens (including phenoxy) is 2. The lowest BCUT2D eigenvalue weighted by Gasteiger charge is -2.57. The fourth-order valence-electron chi connectivity index (χ4n) is 5.09. The molecule has 4 fully saturated rings. The highest BCUT2D eigenvalue weighted by molar-refractivity contribution is 8.78. The number of fused-ring (bicyclic) bond motifs is 5. The van der Waals surface area contributed by atoms with Gasteiger partial charge < -0.3 is 24.4 Å². The third kappa shape index (κ3) is 1.90. The highest BCUT2D eigenvalue weighted by atomic mass is 35.5. The quantitative estimate of drug-likeness (QED) is 0.673. The highest BCUT2D eigenvalue weighted by Gasteiger charge is 2.78. The Morgan fingerprint density at radius 1 is 1.17 bits per heavy atom. The molecule has 0 saturated carbocycles. The Hall–Kier alpha value is -1.49. The first-order valence-electron chi connectivity index (χ1n) is 8.97. The fraction of sp³-hybridized carbons (Fsp3) is 0.556. The highest BCUT2D eigenvalue weighted by Crippen LogP contribution is 2.69. The second-order valence-electron chi connectivity index (χ2n) is 7.88. The molecule has 0 aliphatic carbocycles. The number of benzene rings is 1. The molecule has 1 aromatic rings. The molecule has 4 atom stereocenters. The van der Waals surface area contributed by atoms with Gasteiger partial charge in [0.05, 0.1) is 24.9 Å². The van der Waals surface area contributed by atoms with Gasteiger partial charge in [0.1, 0.15) is 11.8 Å². The first-order chi connectivity index (χ1) is 13.6. The van der Waals surface area contributed by atoms with Crippen LogP contribution < -0.4 is 14.4 Å². The maximum atomic E-state index is 13.5. The predicted molar refractivity (Wildman–Crippen MR) is 111 cm³/mol. The van der Waals surface area contributed by atoms with Crippen molar-refractivity contribution in [1.82, 2.24) is 9.80 Å². The molecule has 6 rings (SSSR count). The van der Waals surface area contributed by atoms with E-state index in [0.29, 0.717) is 27.8 Å². The molecule has 2 bridgehead atoms. The number of nitrogens with zero attached hydrogens (tertiary/aromatic N) is 3. The van der Waals surface area contributed by atoms with Gasteiger partial charge in [-0.1, -0.05) is 33.2 Å². The Balaban J connectivity index is 1.76. The molecule has 0 unspecified atom stereocenters. The van der Waals surface area contributed by atoms with Gasteiger partial charge in [0, 0.05) is 26.1 Å². The van der Waals surface area contributed by atoms with Crippen LogP contribution in [0.3, 0.4) is 0 Å². The Morgan fingerprint density at radius 2 is 1.83 bits per heavy atom. The predicted octanol–water partition coefficient (Wildman–Crippen LogP) is 1.83. The normalized spacial score (nSPS) is 37.1. The lowest BCUT2D eigenvalue weighted by atomic mass is 9.90. The fourth-order valence-corrected chi connectivity index (χ4v) is 8.85. The molecule has 5 aliphatic rings.